The number of primary amides is 2. The van der Waals surface area contributed by atoms with Crippen LogP contribution < -0.4 is 53.7 Å². The highest BCUT2D eigenvalue weighted by atomic mass is 19.1. The molecule has 0 fully saturated rings. The fraction of sp³-hybridized carbons (Fsp3) is 0.353. The zero-order chi connectivity index (χ0) is 38.5. The molecule has 0 aliphatic rings. The average molecular weight is 725 g/mol. The molecule has 2 amide bonds. The molecule has 0 aliphatic heterocycles. The van der Waals surface area contributed by atoms with Crippen molar-refractivity contribution in [3.05, 3.63) is 71.6 Å². The Morgan fingerprint density at radius 1 is 0.673 bits per heavy atom. The Labute approximate surface area is 300 Å². The molecule has 16 nitrogen and oxygen atoms in total. The molecule has 0 spiro atoms. The molecule has 0 bridgehead atoms. The maximum absolute atomic E-state index is 14.3. The van der Waals surface area contributed by atoms with Crippen molar-refractivity contribution >= 4 is 46.5 Å². The van der Waals surface area contributed by atoms with Gasteiger partial charge in [-0.05, 0) is 65.8 Å². The van der Waals surface area contributed by atoms with Crippen LogP contribution in [0.25, 0.3) is 0 Å². The van der Waals surface area contributed by atoms with Crippen molar-refractivity contribution in [1.82, 2.24) is 19.9 Å². The van der Waals surface area contributed by atoms with Crippen molar-refractivity contribution in [3.8, 4) is 11.8 Å². The van der Waals surface area contributed by atoms with Gasteiger partial charge in [0.05, 0.1) is 24.3 Å². The third-order valence-electron chi connectivity index (χ3n) is 7.37. The lowest BCUT2D eigenvalue weighted by molar-refractivity contribution is 0.0992. The van der Waals surface area contributed by atoms with E-state index >= 15 is 0 Å². The van der Waals surface area contributed by atoms with Gasteiger partial charge in [0, 0.05) is 60.1 Å². The molecule has 0 saturated heterocycles. The number of aromatic nitrogens is 4. The fourth-order valence-electron chi connectivity index (χ4n) is 4.14. The highest BCUT2D eigenvalue weighted by Crippen LogP contribution is 2.27. The van der Waals surface area contributed by atoms with E-state index in [0.29, 0.717) is 36.3 Å². The first-order valence-corrected chi connectivity index (χ1v) is 16.4. The van der Waals surface area contributed by atoms with E-state index in [1.54, 1.807) is 52.0 Å². The number of nitrogens with zero attached hydrogens (tertiary/aromatic N) is 4. The molecule has 4 atom stereocenters. The summed E-state index contributed by atoms with van der Waals surface area (Å²) in [5.41, 5.74) is 23.3. The Morgan fingerprint density at radius 2 is 1.04 bits per heavy atom. The Bertz CT molecular complexity index is 1700. The first-order valence-electron chi connectivity index (χ1n) is 16.4. The molecule has 18 heteroatoms. The number of anilines is 6. The summed E-state index contributed by atoms with van der Waals surface area (Å²) in [7, 11) is 0. The quantitative estimate of drug-likeness (QED) is 0.0813. The zero-order valence-corrected chi connectivity index (χ0v) is 29.8. The van der Waals surface area contributed by atoms with Gasteiger partial charge >= 0.3 is 0 Å². The van der Waals surface area contributed by atoms with Crippen molar-refractivity contribution < 1.29 is 27.8 Å². The molecular weight excluding hydrogens is 678 g/mol. The Hall–Kier alpha value is -5.88. The molecule has 0 radical (unpaired) electrons. The molecule has 4 aromatic heterocycles. The molecule has 0 unspecified atom stereocenters. The number of amides is 2. The van der Waals surface area contributed by atoms with Gasteiger partial charge in [-0.2, -0.15) is 0 Å². The molecule has 4 aromatic rings. The normalized spacial score (nSPS) is 13.0. The summed E-state index contributed by atoms with van der Waals surface area (Å²) in [5, 5.41) is 11.7. The van der Waals surface area contributed by atoms with Crippen LogP contribution in [-0.4, -0.2) is 69.1 Å². The minimum atomic E-state index is -0.801. The van der Waals surface area contributed by atoms with Gasteiger partial charge in [0.1, 0.15) is 11.6 Å². The molecular formula is C34H46F2N12O4. The van der Waals surface area contributed by atoms with Gasteiger partial charge in [0.15, 0.2) is 23.3 Å². The molecule has 12 N–H and O–H groups in total. The minimum absolute atomic E-state index is 0.0265. The second-order valence-electron chi connectivity index (χ2n) is 11.6. The van der Waals surface area contributed by atoms with E-state index in [-0.39, 0.29) is 58.6 Å². The first kappa shape index (κ1) is 40.5. The molecule has 52 heavy (non-hydrogen) atoms. The van der Waals surface area contributed by atoms with E-state index in [1.165, 1.54) is 12.4 Å². The van der Waals surface area contributed by atoms with Gasteiger partial charge in [-0.25, -0.2) is 28.7 Å². The van der Waals surface area contributed by atoms with Crippen molar-refractivity contribution in [2.45, 2.75) is 65.7 Å². The number of hydrogen-bond donors (Lipinski definition) is 8. The van der Waals surface area contributed by atoms with Crippen molar-refractivity contribution in [2.24, 2.45) is 22.9 Å². The van der Waals surface area contributed by atoms with Gasteiger partial charge in [-0.3, -0.25) is 9.59 Å². The topological polar surface area (TPSA) is 256 Å². The predicted octanol–water partition coefficient (Wildman–Crippen LogP) is 4.01. The summed E-state index contributed by atoms with van der Waals surface area (Å²) in [6.07, 6.45) is 3.08. The number of halogens is 2. The fourth-order valence-corrected chi connectivity index (χ4v) is 4.14. The number of ether oxygens (including phenoxy) is 2. The first-order chi connectivity index (χ1) is 24.6. The zero-order valence-electron chi connectivity index (χ0n) is 29.8. The van der Waals surface area contributed by atoms with E-state index in [2.05, 4.69) is 41.2 Å². The predicted molar refractivity (Wildman–Crippen MR) is 196 cm³/mol. The highest BCUT2D eigenvalue weighted by molar-refractivity contribution is 5.99. The number of nitrogens with two attached hydrogens (primary N) is 4. The minimum Gasteiger partial charge on any atom is -0.478 e. The van der Waals surface area contributed by atoms with Crippen LogP contribution >= 0.6 is 0 Å². The highest BCUT2D eigenvalue weighted by Gasteiger charge is 2.20. The van der Waals surface area contributed by atoms with E-state index in [0.717, 1.165) is 12.1 Å². The lowest BCUT2D eigenvalue weighted by atomic mass is 10.2. The SMILES string of the molecule is CCOc1cc(Nc2nc(N[C@@H](C)[C@@H](C)N)c(F)cc2C(N)=O)ccn1.CCOc1cc(Nc2nc(N[C@H](C)[C@H](C)N)c(F)cc2C(N)=O)ccn1. The third kappa shape index (κ3) is 11.6. The number of rotatable bonds is 16. The van der Waals surface area contributed by atoms with Crippen LogP contribution in [0.2, 0.25) is 0 Å². The van der Waals surface area contributed by atoms with Crippen LogP contribution in [0.1, 0.15) is 62.3 Å². The second kappa shape index (κ2) is 18.9. The van der Waals surface area contributed by atoms with Crippen molar-refractivity contribution in [3.63, 3.8) is 0 Å². The number of carbonyl (C=O) groups is 2. The van der Waals surface area contributed by atoms with Crippen LogP contribution in [0.3, 0.4) is 0 Å². The maximum atomic E-state index is 14.3. The van der Waals surface area contributed by atoms with Crippen LogP contribution in [0.15, 0.2) is 48.8 Å². The summed E-state index contributed by atoms with van der Waals surface area (Å²) in [4.78, 5) is 39.8. The van der Waals surface area contributed by atoms with Gasteiger partial charge in [0.2, 0.25) is 11.8 Å². The van der Waals surface area contributed by atoms with E-state index in [1.807, 2.05) is 13.8 Å². The van der Waals surface area contributed by atoms with Gasteiger partial charge < -0.3 is 53.7 Å². The lowest BCUT2D eigenvalue weighted by Crippen LogP contribution is -2.35. The summed E-state index contributed by atoms with van der Waals surface area (Å²) < 4.78 is 39.2. The number of hydrogen-bond acceptors (Lipinski definition) is 14. The largest absolute Gasteiger partial charge is 0.478 e. The molecule has 280 valence electrons. The standard InChI is InChI=1S/2C17H23FN6O2/c2*1-4-26-14-7-11(5-6-21-14)23-16-12(15(20)25)8-13(18)17(24-16)22-10(3)9(2)19/h2*5-10H,4,19H2,1-3H3,(H2,20,25)(H2,21,22,23,24)/t2*9-,10+/m10/s1. The lowest BCUT2D eigenvalue weighted by Gasteiger charge is -2.20. The van der Waals surface area contributed by atoms with Gasteiger partial charge in [-0.1, -0.05) is 0 Å². The number of carbonyl (C=O) groups excluding carboxylic acids is 2. The summed E-state index contributed by atoms with van der Waals surface area (Å²) >= 11 is 0. The third-order valence-corrected chi connectivity index (χ3v) is 7.37. The number of pyridine rings is 4. The van der Waals surface area contributed by atoms with Crippen LogP contribution in [0.4, 0.5) is 43.4 Å². The molecule has 0 aromatic carbocycles. The molecule has 0 aliphatic carbocycles. The smallest absolute Gasteiger partial charge is 0.252 e. The van der Waals surface area contributed by atoms with Crippen molar-refractivity contribution in [2.75, 3.05) is 34.5 Å². The van der Waals surface area contributed by atoms with Gasteiger partial charge in [-0.15, -0.1) is 0 Å². The van der Waals surface area contributed by atoms with Crippen molar-refractivity contribution in [1.29, 1.82) is 0 Å². The average Bonchev–Trinajstić information content (AvgIpc) is 3.08. The second-order valence-corrected chi connectivity index (χ2v) is 11.6. The Balaban J connectivity index is 0.000000280. The molecule has 4 rings (SSSR count). The van der Waals surface area contributed by atoms with E-state index in [4.69, 9.17) is 32.4 Å². The molecule has 4 heterocycles. The Morgan fingerprint density at radius 3 is 1.35 bits per heavy atom. The molecule has 0 saturated carbocycles. The number of nitrogens with one attached hydrogen (secondary N) is 4. The van der Waals surface area contributed by atoms with Crippen LogP contribution in [0.5, 0.6) is 11.8 Å². The van der Waals surface area contributed by atoms with Crippen LogP contribution in [-0.2, 0) is 0 Å². The monoisotopic (exact) mass is 724 g/mol. The van der Waals surface area contributed by atoms with Crippen LogP contribution in [0, 0.1) is 11.6 Å². The van der Waals surface area contributed by atoms with E-state index in [9.17, 15) is 18.4 Å². The Kier molecular flexibility index (Phi) is 14.8. The summed E-state index contributed by atoms with van der Waals surface area (Å²) in [6, 6.07) is 7.77. The van der Waals surface area contributed by atoms with Gasteiger partial charge in [0.25, 0.3) is 11.8 Å². The summed E-state index contributed by atoms with van der Waals surface area (Å²) in [5.74, 6) is -1.99. The van der Waals surface area contributed by atoms with E-state index < -0.39 is 23.4 Å². The maximum Gasteiger partial charge on any atom is 0.252 e. The summed E-state index contributed by atoms with van der Waals surface area (Å²) in [6.45, 7) is 11.8.